The van der Waals surface area contributed by atoms with Gasteiger partial charge in [0.15, 0.2) is 0 Å². The Bertz CT molecular complexity index is 388. The van der Waals surface area contributed by atoms with Gasteiger partial charge in [0.1, 0.15) is 0 Å². The summed E-state index contributed by atoms with van der Waals surface area (Å²) in [5, 5.41) is 0. The Labute approximate surface area is 106 Å². The van der Waals surface area contributed by atoms with Crippen molar-refractivity contribution < 1.29 is 13.2 Å². The van der Waals surface area contributed by atoms with Gasteiger partial charge in [0.05, 0.1) is 5.56 Å². The summed E-state index contributed by atoms with van der Waals surface area (Å²) in [6, 6.07) is 5.08. The first-order valence-corrected chi connectivity index (χ1v) is 5.85. The molecule has 1 unspecified atom stereocenters. The van der Waals surface area contributed by atoms with E-state index in [0.717, 1.165) is 6.07 Å². The zero-order valence-corrected chi connectivity index (χ0v) is 10.8. The van der Waals surface area contributed by atoms with Gasteiger partial charge in [0.25, 0.3) is 0 Å². The quantitative estimate of drug-likeness (QED) is 0.901. The number of hydrogen-bond donors (Lipinski definition) is 1. The fraction of sp³-hybridized carbons (Fsp3) is 0.538. The minimum Gasteiger partial charge on any atom is -0.323 e. The van der Waals surface area contributed by atoms with Crippen LogP contribution < -0.4 is 5.73 Å². The van der Waals surface area contributed by atoms with Gasteiger partial charge < -0.3 is 10.6 Å². The number of alkyl halides is 3. The van der Waals surface area contributed by atoms with Crippen molar-refractivity contribution in [3.63, 3.8) is 0 Å². The molecule has 0 aliphatic heterocycles. The molecular formula is C13H19F3N2. The van der Waals surface area contributed by atoms with Crippen molar-refractivity contribution in [2.45, 2.75) is 32.1 Å². The van der Waals surface area contributed by atoms with Crippen molar-refractivity contribution >= 4 is 0 Å². The summed E-state index contributed by atoms with van der Waals surface area (Å²) in [5.41, 5.74) is 5.40. The second-order valence-electron chi connectivity index (χ2n) is 4.72. The molecule has 5 heteroatoms. The lowest BCUT2D eigenvalue weighted by Gasteiger charge is -2.26. The highest BCUT2D eigenvalue weighted by Crippen LogP contribution is 2.34. The largest absolute Gasteiger partial charge is 0.416 e. The van der Waals surface area contributed by atoms with Gasteiger partial charge in [-0.2, -0.15) is 13.2 Å². The predicted octanol–water partition coefficient (Wildman–Crippen LogP) is 3.05. The number of hydrogen-bond acceptors (Lipinski definition) is 2. The Morgan fingerprint density at radius 2 is 1.78 bits per heavy atom. The highest BCUT2D eigenvalue weighted by Gasteiger charge is 2.34. The van der Waals surface area contributed by atoms with E-state index in [4.69, 9.17) is 5.73 Å². The maximum Gasteiger partial charge on any atom is 0.416 e. The minimum absolute atomic E-state index is 0.150. The fourth-order valence-corrected chi connectivity index (χ4v) is 1.70. The molecule has 0 heterocycles. The van der Waals surface area contributed by atoms with Crippen LogP contribution in [0.25, 0.3) is 0 Å². The zero-order chi connectivity index (χ0) is 13.9. The van der Waals surface area contributed by atoms with E-state index >= 15 is 0 Å². The van der Waals surface area contributed by atoms with Crippen LogP contribution in [0.15, 0.2) is 24.3 Å². The average Bonchev–Trinajstić information content (AvgIpc) is 2.27. The monoisotopic (exact) mass is 260 g/mol. The molecule has 2 nitrogen and oxygen atoms in total. The number of rotatable bonds is 4. The Balaban J connectivity index is 2.96. The highest BCUT2D eigenvalue weighted by molar-refractivity contribution is 5.32. The number of nitrogens with zero attached hydrogens (tertiary/aromatic N) is 1. The van der Waals surface area contributed by atoms with E-state index in [-0.39, 0.29) is 11.6 Å². The van der Waals surface area contributed by atoms with Crippen molar-refractivity contribution in [2.24, 2.45) is 5.73 Å². The summed E-state index contributed by atoms with van der Waals surface area (Å²) >= 11 is 0. The maximum atomic E-state index is 12.8. The van der Waals surface area contributed by atoms with Gasteiger partial charge in [-0.1, -0.05) is 18.2 Å². The van der Waals surface area contributed by atoms with Crippen LogP contribution in [-0.2, 0) is 6.18 Å². The molecule has 0 bridgehead atoms. The average molecular weight is 260 g/mol. The summed E-state index contributed by atoms with van der Waals surface area (Å²) in [7, 11) is 1.85. The third-order valence-electron chi connectivity index (χ3n) is 3.03. The lowest BCUT2D eigenvalue weighted by Crippen LogP contribution is -2.34. The third-order valence-corrected chi connectivity index (χ3v) is 3.03. The number of halogens is 3. The molecule has 0 saturated carbocycles. The first-order chi connectivity index (χ1) is 8.23. The lowest BCUT2D eigenvalue weighted by atomic mass is 10.00. The van der Waals surface area contributed by atoms with Gasteiger partial charge in [-0.15, -0.1) is 0 Å². The molecule has 0 spiro atoms. The molecule has 1 aromatic carbocycles. The van der Waals surface area contributed by atoms with Crippen molar-refractivity contribution in [2.75, 3.05) is 13.6 Å². The second kappa shape index (κ2) is 5.71. The topological polar surface area (TPSA) is 29.3 Å². The first-order valence-electron chi connectivity index (χ1n) is 5.85. The first kappa shape index (κ1) is 15.0. The summed E-state index contributed by atoms with van der Waals surface area (Å²) < 4.78 is 38.5. The Morgan fingerprint density at radius 1 is 1.22 bits per heavy atom. The predicted molar refractivity (Wildman–Crippen MR) is 66.1 cm³/mol. The SMILES string of the molecule is CC(C)N(C)CC(N)c1ccccc1C(F)(F)F. The number of nitrogens with two attached hydrogens (primary N) is 1. The van der Waals surface area contributed by atoms with Crippen LogP contribution in [0.5, 0.6) is 0 Å². The molecule has 102 valence electrons. The van der Waals surface area contributed by atoms with Crippen molar-refractivity contribution in [3.05, 3.63) is 35.4 Å². The smallest absolute Gasteiger partial charge is 0.323 e. The molecule has 1 aromatic rings. The van der Waals surface area contributed by atoms with Gasteiger partial charge in [-0.25, -0.2) is 0 Å². The molecule has 2 N–H and O–H groups in total. The van der Waals surface area contributed by atoms with Gasteiger partial charge in [-0.05, 0) is 32.5 Å². The summed E-state index contributed by atoms with van der Waals surface area (Å²) in [6.07, 6.45) is -4.36. The molecule has 0 amide bonds. The zero-order valence-electron chi connectivity index (χ0n) is 10.8. The Morgan fingerprint density at radius 3 is 2.28 bits per heavy atom. The second-order valence-corrected chi connectivity index (χ2v) is 4.72. The third kappa shape index (κ3) is 3.71. The molecule has 1 atom stereocenters. The molecule has 0 fully saturated rings. The van der Waals surface area contributed by atoms with Gasteiger partial charge in [0.2, 0.25) is 0 Å². The molecule has 0 aliphatic carbocycles. The fourth-order valence-electron chi connectivity index (χ4n) is 1.70. The van der Waals surface area contributed by atoms with E-state index in [9.17, 15) is 13.2 Å². The van der Waals surface area contributed by atoms with E-state index < -0.39 is 17.8 Å². The molecular weight excluding hydrogens is 241 g/mol. The van der Waals surface area contributed by atoms with Crippen LogP contribution in [-0.4, -0.2) is 24.5 Å². The maximum absolute atomic E-state index is 12.8. The highest BCUT2D eigenvalue weighted by atomic mass is 19.4. The van der Waals surface area contributed by atoms with E-state index in [0.29, 0.717) is 6.54 Å². The van der Waals surface area contributed by atoms with Crippen LogP contribution in [0.2, 0.25) is 0 Å². The summed E-state index contributed by atoms with van der Waals surface area (Å²) in [4.78, 5) is 1.93. The summed E-state index contributed by atoms with van der Waals surface area (Å²) in [6.45, 7) is 4.34. The van der Waals surface area contributed by atoms with Gasteiger partial charge >= 0.3 is 6.18 Å². The van der Waals surface area contributed by atoms with Gasteiger partial charge in [0, 0.05) is 18.6 Å². The van der Waals surface area contributed by atoms with Crippen LogP contribution in [0, 0.1) is 0 Å². The van der Waals surface area contributed by atoms with E-state index in [1.54, 1.807) is 6.07 Å². The molecule has 1 rings (SSSR count). The molecule has 0 aromatic heterocycles. The van der Waals surface area contributed by atoms with Crippen LogP contribution in [0.3, 0.4) is 0 Å². The van der Waals surface area contributed by atoms with Crippen molar-refractivity contribution in [3.8, 4) is 0 Å². The van der Waals surface area contributed by atoms with Gasteiger partial charge in [-0.3, -0.25) is 0 Å². The van der Waals surface area contributed by atoms with E-state index in [1.807, 2.05) is 25.8 Å². The molecule has 0 radical (unpaired) electrons. The standard InChI is InChI=1S/C13H19F3N2/c1-9(2)18(3)8-12(17)10-6-4-5-7-11(10)13(14,15)16/h4-7,9,12H,8,17H2,1-3H3. The lowest BCUT2D eigenvalue weighted by molar-refractivity contribution is -0.138. The van der Waals surface area contributed by atoms with Crippen molar-refractivity contribution in [1.29, 1.82) is 0 Å². The Kier molecular flexibility index (Phi) is 4.76. The molecule has 0 saturated heterocycles. The van der Waals surface area contributed by atoms with E-state index in [2.05, 4.69) is 0 Å². The number of likely N-dealkylation sites (N-methyl/N-ethyl adjacent to an activating group) is 1. The van der Waals surface area contributed by atoms with Crippen LogP contribution in [0.1, 0.15) is 31.0 Å². The normalized spacial score (nSPS) is 14.3. The Hall–Kier alpha value is -1.07. The number of benzene rings is 1. The van der Waals surface area contributed by atoms with Crippen LogP contribution in [0.4, 0.5) is 13.2 Å². The summed E-state index contributed by atoms with van der Waals surface area (Å²) in [5.74, 6) is 0. The van der Waals surface area contributed by atoms with Crippen molar-refractivity contribution in [1.82, 2.24) is 4.90 Å². The van der Waals surface area contributed by atoms with Crippen LogP contribution >= 0.6 is 0 Å². The minimum atomic E-state index is -4.36. The molecule has 18 heavy (non-hydrogen) atoms. The molecule has 0 aliphatic rings. The van der Waals surface area contributed by atoms with E-state index in [1.165, 1.54) is 12.1 Å².